The summed E-state index contributed by atoms with van der Waals surface area (Å²) in [5, 5.41) is 0. The average Bonchev–Trinajstić information content (AvgIpc) is 3.47. The Morgan fingerprint density at radius 1 is 0.571 bits per heavy atom. The molecule has 0 aromatic carbocycles. The predicted octanol–water partition coefficient (Wildman–Crippen LogP) is 7.28. The zero-order valence-corrected chi connectivity index (χ0v) is 15.4. The van der Waals surface area contributed by atoms with E-state index in [9.17, 15) is 0 Å². The van der Waals surface area contributed by atoms with E-state index in [2.05, 4.69) is 34.6 Å². The molecule has 8 atom stereocenters. The van der Waals surface area contributed by atoms with Crippen LogP contribution in [0.15, 0.2) is 0 Å². The Morgan fingerprint density at radius 2 is 1.00 bits per heavy atom. The van der Waals surface area contributed by atoms with Gasteiger partial charge < -0.3 is 0 Å². The zero-order valence-electron chi connectivity index (χ0n) is 14.3. The molecule has 10 heterocycles. The summed E-state index contributed by atoms with van der Waals surface area (Å²) in [6, 6.07) is 0. The molecule has 10 aliphatic heterocycles. The van der Waals surface area contributed by atoms with Gasteiger partial charge in [-0.1, -0.05) is 0 Å². The van der Waals surface area contributed by atoms with Crippen LogP contribution in [-0.2, 0) is 6.51 Å². The van der Waals surface area contributed by atoms with Crippen LogP contribution in [-0.4, -0.2) is 0 Å². The standard InChI is InChI=1S/C11H17.C9H13.Fe/c1-4-9-7-8-10(5-2)11(9)6-3;1-3-8-6-5-7-9(8)4-2;/h7-8H,4-6H2,1-3H3;5-7H,3-4H2,1-2H3;. The van der Waals surface area contributed by atoms with Crippen LogP contribution in [0.2, 0.25) is 45.6 Å². The SMILES string of the molecule is CC[C]12[CH]3[CH]4[CH]5[C]1(CC)[Fe]43521678[CH]2[CH]1[C]6(CC)[C]7(CC)[C]28CC. The van der Waals surface area contributed by atoms with Crippen molar-refractivity contribution < 1.29 is 6.51 Å². The molecule has 118 valence electrons. The first kappa shape index (κ1) is 9.73. The fourth-order valence-electron chi connectivity index (χ4n) is 25.3. The molecule has 1 heteroatoms. The first-order valence-corrected chi connectivity index (χ1v) is 16.1. The fraction of sp³-hybridized carbons (Fsp3) is 1.00. The molecule has 0 radical (unpaired) electrons. The summed E-state index contributed by atoms with van der Waals surface area (Å²) in [5.74, 6) is 0. The quantitative estimate of drug-likeness (QED) is 0.466. The molecular weight excluding hydrogens is 296 g/mol. The summed E-state index contributed by atoms with van der Waals surface area (Å²) >= 11 is 0. The van der Waals surface area contributed by atoms with Crippen molar-refractivity contribution in [2.24, 2.45) is 0 Å². The molecule has 0 N–H and O–H groups in total. The van der Waals surface area contributed by atoms with Crippen LogP contribution < -0.4 is 0 Å². The van der Waals surface area contributed by atoms with Gasteiger partial charge in [0.1, 0.15) is 0 Å². The van der Waals surface area contributed by atoms with Gasteiger partial charge in [-0.2, -0.15) is 0 Å². The van der Waals surface area contributed by atoms with Crippen LogP contribution in [0.4, 0.5) is 0 Å². The van der Waals surface area contributed by atoms with Crippen LogP contribution >= 0.6 is 0 Å². The van der Waals surface area contributed by atoms with E-state index in [0.717, 1.165) is 21.6 Å². The van der Waals surface area contributed by atoms with Crippen molar-refractivity contribution in [2.45, 2.75) is 112 Å². The molecule has 0 amide bonds. The molecule has 10 saturated heterocycles. The Bertz CT molecular complexity index is 1060. The van der Waals surface area contributed by atoms with Crippen molar-refractivity contribution in [1.29, 1.82) is 0 Å². The Hall–Kier alpha value is 0.519. The summed E-state index contributed by atoms with van der Waals surface area (Å²) in [7, 11) is 0. The summed E-state index contributed by atoms with van der Waals surface area (Å²) in [6.07, 6.45) is 8.22. The predicted molar refractivity (Wildman–Crippen MR) is 83.7 cm³/mol. The number of hydrogen-bond donors (Lipinski definition) is 0. The van der Waals surface area contributed by atoms with Gasteiger partial charge in [0.25, 0.3) is 0 Å². The van der Waals surface area contributed by atoms with Gasteiger partial charge in [-0.05, 0) is 0 Å². The Kier molecular flexibility index (Phi) is 0.397. The first-order chi connectivity index (χ1) is 9.91. The Morgan fingerprint density at radius 3 is 1.29 bits per heavy atom. The molecule has 21 heavy (non-hydrogen) atoms. The fourth-order valence-corrected chi connectivity index (χ4v) is 115. The van der Waals surface area contributed by atoms with Crippen molar-refractivity contribution in [1.82, 2.24) is 0 Å². The molecule has 0 nitrogen and oxygen atoms in total. The van der Waals surface area contributed by atoms with E-state index in [0.29, 0.717) is 0 Å². The molecule has 0 saturated carbocycles. The summed E-state index contributed by atoms with van der Waals surface area (Å²) in [5.41, 5.74) is 0. The van der Waals surface area contributed by atoms with Crippen molar-refractivity contribution in [3.05, 3.63) is 0 Å². The van der Waals surface area contributed by atoms with Gasteiger partial charge in [0.05, 0.1) is 0 Å². The van der Waals surface area contributed by atoms with Gasteiger partial charge in [-0.3, -0.25) is 0 Å². The second-order valence-electron chi connectivity index (χ2n) is 12.5. The Balaban J connectivity index is 1.68. The normalized spacial score (nSPS) is 113. The molecule has 0 aromatic heterocycles. The summed E-state index contributed by atoms with van der Waals surface area (Å²) in [4.78, 5) is 7.22. The minimum atomic E-state index is -3.38. The van der Waals surface area contributed by atoms with E-state index in [4.69, 9.17) is 0 Å². The summed E-state index contributed by atoms with van der Waals surface area (Å²) < 4.78 is 5.34. The maximum atomic E-state index is 2.67. The van der Waals surface area contributed by atoms with Crippen molar-refractivity contribution in [2.75, 3.05) is 0 Å². The molecule has 1 spiro atoms. The zero-order chi connectivity index (χ0) is 14.2. The van der Waals surface area contributed by atoms with Crippen LogP contribution in [0.1, 0.15) is 66.7 Å². The van der Waals surface area contributed by atoms with E-state index in [-0.39, 0.29) is 0 Å². The second kappa shape index (κ2) is 0.857. The van der Waals surface area contributed by atoms with E-state index in [1.165, 1.54) is 24.1 Å². The molecule has 0 aromatic rings. The van der Waals surface area contributed by atoms with Crippen LogP contribution in [0.25, 0.3) is 0 Å². The molecule has 10 fully saturated rings. The third kappa shape index (κ3) is 0.0876. The van der Waals surface area contributed by atoms with Gasteiger partial charge in [-0.25, -0.2) is 0 Å². The van der Waals surface area contributed by atoms with Crippen molar-refractivity contribution in [3.63, 3.8) is 0 Å². The summed E-state index contributed by atoms with van der Waals surface area (Å²) in [6.45, 7) is 9.94. The third-order valence-corrected chi connectivity index (χ3v) is 67.3. The molecule has 0 bridgehead atoms. The van der Waals surface area contributed by atoms with Crippen LogP contribution in [0, 0.1) is 0 Å². The molecule has 10 rings (SSSR count). The van der Waals surface area contributed by atoms with E-state index in [1.807, 2.05) is 0 Å². The van der Waals surface area contributed by atoms with Crippen LogP contribution in [0.3, 0.4) is 0 Å². The topological polar surface area (TPSA) is 0 Å². The Labute approximate surface area is 119 Å². The second-order valence-corrected chi connectivity index (χ2v) is 35.3. The molecule has 8 unspecified atom stereocenters. The third-order valence-electron chi connectivity index (χ3n) is 19.5. The van der Waals surface area contributed by atoms with Gasteiger partial charge in [0.2, 0.25) is 0 Å². The van der Waals surface area contributed by atoms with Gasteiger partial charge in [0.15, 0.2) is 0 Å². The number of rotatable bonds is 5. The maximum absolute atomic E-state index is 3.38. The van der Waals surface area contributed by atoms with Crippen molar-refractivity contribution >= 4 is 0 Å². The monoisotopic (exact) mass is 326 g/mol. The number of fused-ring (bicyclic) bond motifs is 10. The number of hydrogen-bond acceptors (Lipinski definition) is 0. The van der Waals surface area contributed by atoms with Gasteiger partial charge in [-0.15, -0.1) is 0 Å². The van der Waals surface area contributed by atoms with Gasteiger partial charge >= 0.3 is 119 Å². The molecule has 10 aliphatic rings. The van der Waals surface area contributed by atoms with Gasteiger partial charge in [0, 0.05) is 0 Å². The molecule has 0 aliphatic carbocycles. The van der Waals surface area contributed by atoms with Crippen molar-refractivity contribution in [3.8, 4) is 0 Å². The van der Waals surface area contributed by atoms with E-state index < -0.39 is 6.51 Å². The van der Waals surface area contributed by atoms with Crippen LogP contribution in [0.5, 0.6) is 0 Å². The van der Waals surface area contributed by atoms with E-state index in [1.54, 1.807) is 32.1 Å². The average molecular weight is 326 g/mol. The minimum absolute atomic E-state index is 1.05. The first-order valence-electron chi connectivity index (χ1n) is 10.1. The molecular formula is C20H30Fe. The van der Waals surface area contributed by atoms with E-state index >= 15 is 0 Å².